The molecule has 6 heterocycles. The number of pyridine rings is 3. The van der Waals surface area contributed by atoms with Crippen molar-refractivity contribution in [2.45, 2.75) is 42.9 Å². The first kappa shape index (κ1) is 28.3. The van der Waals surface area contributed by atoms with Gasteiger partial charge in [0, 0.05) is 41.4 Å². The molecule has 0 spiro atoms. The van der Waals surface area contributed by atoms with Crippen molar-refractivity contribution in [2.24, 2.45) is 0 Å². The van der Waals surface area contributed by atoms with Gasteiger partial charge in [-0.2, -0.15) is 0 Å². The summed E-state index contributed by atoms with van der Waals surface area (Å²) in [6.07, 6.45) is 4.59. The third-order valence-corrected chi connectivity index (χ3v) is 9.97. The van der Waals surface area contributed by atoms with Gasteiger partial charge < -0.3 is 24.6 Å². The van der Waals surface area contributed by atoms with Crippen molar-refractivity contribution in [3.8, 4) is 5.75 Å². The Hall–Kier alpha value is -4.43. The number of aromatic nitrogens is 3. The standard InChI is InChI=1S/C30H28F2N6O5S/c1-17-4-5-37(17)29-11-25-24(14-34-29)38(6-7-43-25)28-3-2-18-12-33-20(10-23(18)36-28)13-35-30(39)19-8-22(31)21-15-42-16-27(32)44(40,41)26(21)9-19/h2-3,8-12,14,17,27H,4-7,13,15-16H2,1H3,(H,35,39)/t17-,27-/m1/s1. The average Bonchev–Trinajstić information content (AvgIpc) is 3.13. The first-order valence-corrected chi connectivity index (χ1v) is 15.7. The SMILES string of the molecule is C[C@@H]1CCN1c1cc2c(cn1)N(c1ccc3cnc(CNC(=O)c4cc(F)c5c(c4)S(=O)(=O)[C@@H](F)COC5)cc3n1)CCO2. The lowest BCUT2D eigenvalue weighted by molar-refractivity contribution is 0.0938. The van der Waals surface area contributed by atoms with Crippen LogP contribution in [0.25, 0.3) is 10.9 Å². The van der Waals surface area contributed by atoms with Crippen molar-refractivity contribution in [3.63, 3.8) is 0 Å². The molecule has 14 heteroatoms. The van der Waals surface area contributed by atoms with E-state index in [0.29, 0.717) is 36.2 Å². The molecule has 7 rings (SSSR count). The molecular weight excluding hydrogens is 594 g/mol. The number of sulfone groups is 1. The molecule has 1 aromatic carbocycles. The Morgan fingerprint density at radius 1 is 1.11 bits per heavy atom. The molecule has 3 aliphatic heterocycles. The summed E-state index contributed by atoms with van der Waals surface area (Å²) < 4.78 is 65.0. The second-order valence-electron chi connectivity index (χ2n) is 11.0. The molecule has 228 valence electrons. The van der Waals surface area contributed by atoms with Gasteiger partial charge in [-0.15, -0.1) is 0 Å². The van der Waals surface area contributed by atoms with Gasteiger partial charge in [-0.05, 0) is 43.7 Å². The van der Waals surface area contributed by atoms with Gasteiger partial charge in [0.2, 0.25) is 15.3 Å². The molecule has 1 amide bonds. The fraction of sp³-hybridized carbons (Fsp3) is 0.333. The van der Waals surface area contributed by atoms with Gasteiger partial charge in [0.1, 0.15) is 35.5 Å². The van der Waals surface area contributed by atoms with Crippen LogP contribution in [-0.4, -0.2) is 67.1 Å². The third kappa shape index (κ3) is 4.97. The lowest BCUT2D eigenvalue weighted by atomic mass is 10.1. The maximum atomic E-state index is 14.8. The molecule has 3 aliphatic rings. The highest BCUT2D eigenvalue weighted by Crippen LogP contribution is 2.39. The first-order valence-electron chi connectivity index (χ1n) is 14.2. The van der Waals surface area contributed by atoms with E-state index in [4.69, 9.17) is 14.5 Å². The molecule has 0 bridgehead atoms. The summed E-state index contributed by atoms with van der Waals surface area (Å²) in [7, 11) is -4.52. The smallest absolute Gasteiger partial charge is 0.251 e. The van der Waals surface area contributed by atoms with E-state index >= 15 is 0 Å². The predicted molar refractivity (Wildman–Crippen MR) is 157 cm³/mol. The van der Waals surface area contributed by atoms with Gasteiger partial charge in [-0.1, -0.05) is 0 Å². The van der Waals surface area contributed by atoms with Crippen LogP contribution < -0.4 is 19.9 Å². The largest absolute Gasteiger partial charge is 0.489 e. The zero-order valence-corrected chi connectivity index (χ0v) is 24.5. The number of rotatable bonds is 5. The fourth-order valence-electron chi connectivity index (χ4n) is 5.54. The molecule has 2 atom stereocenters. The van der Waals surface area contributed by atoms with Crippen LogP contribution in [0.3, 0.4) is 0 Å². The number of fused-ring (bicyclic) bond motifs is 3. The molecule has 4 aromatic rings. The average molecular weight is 623 g/mol. The summed E-state index contributed by atoms with van der Waals surface area (Å²) in [6, 6.07) is 9.86. The van der Waals surface area contributed by atoms with Crippen LogP contribution in [0.1, 0.15) is 35.0 Å². The number of nitrogens with zero attached hydrogens (tertiary/aromatic N) is 5. The number of halogens is 2. The van der Waals surface area contributed by atoms with Crippen LogP contribution in [0, 0.1) is 5.82 Å². The van der Waals surface area contributed by atoms with Gasteiger partial charge >= 0.3 is 0 Å². The van der Waals surface area contributed by atoms with Gasteiger partial charge in [0.15, 0.2) is 0 Å². The molecule has 11 nitrogen and oxygen atoms in total. The Morgan fingerprint density at radius 3 is 2.77 bits per heavy atom. The second kappa shape index (κ2) is 10.9. The van der Waals surface area contributed by atoms with Crippen LogP contribution in [-0.2, 0) is 27.7 Å². The molecule has 0 radical (unpaired) electrons. The molecule has 0 unspecified atom stereocenters. The van der Waals surface area contributed by atoms with Crippen molar-refractivity contribution in [3.05, 3.63) is 71.4 Å². The molecule has 1 saturated heterocycles. The summed E-state index contributed by atoms with van der Waals surface area (Å²) in [6.45, 7) is 3.06. The normalized spacial score (nSPS) is 20.6. The topological polar surface area (TPSA) is 127 Å². The van der Waals surface area contributed by atoms with Crippen molar-refractivity contribution in [2.75, 3.05) is 36.1 Å². The summed E-state index contributed by atoms with van der Waals surface area (Å²) >= 11 is 0. The third-order valence-electron chi connectivity index (χ3n) is 8.19. The zero-order valence-electron chi connectivity index (χ0n) is 23.7. The Bertz CT molecular complexity index is 1910. The highest BCUT2D eigenvalue weighted by atomic mass is 32.2. The predicted octanol–water partition coefficient (Wildman–Crippen LogP) is 3.82. The van der Waals surface area contributed by atoms with E-state index in [1.54, 1.807) is 12.3 Å². The molecule has 0 aliphatic carbocycles. The molecule has 1 fully saturated rings. The lowest BCUT2D eigenvalue weighted by Crippen LogP contribution is -2.46. The zero-order chi connectivity index (χ0) is 30.6. The van der Waals surface area contributed by atoms with Crippen LogP contribution in [0.2, 0.25) is 0 Å². The Balaban J connectivity index is 1.11. The maximum absolute atomic E-state index is 14.8. The number of alkyl halides is 1. The minimum Gasteiger partial charge on any atom is -0.489 e. The van der Waals surface area contributed by atoms with Crippen LogP contribution in [0.15, 0.2) is 53.7 Å². The minimum atomic E-state index is -4.52. The van der Waals surface area contributed by atoms with E-state index in [9.17, 15) is 22.0 Å². The quantitative estimate of drug-likeness (QED) is 0.351. The molecule has 3 aromatic heterocycles. The number of hydrogen-bond donors (Lipinski definition) is 1. The minimum absolute atomic E-state index is 0.0387. The van der Waals surface area contributed by atoms with E-state index in [0.717, 1.165) is 47.7 Å². The molecule has 0 saturated carbocycles. The number of nitrogens with one attached hydrogen (secondary N) is 1. The van der Waals surface area contributed by atoms with Gasteiger partial charge in [0.25, 0.3) is 5.91 Å². The van der Waals surface area contributed by atoms with Crippen molar-refractivity contribution in [1.82, 2.24) is 20.3 Å². The first-order chi connectivity index (χ1) is 21.2. The van der Waals surface area contributed by atoms with Crippen molar-refractivity contribution in [1.29, 1.82) is 0 Å². The number of anilines is 3. The number of carbonyl (C=O) groups is 1. The number of ether oxygens (including phenoxy) is 2. The Morgan fingerprint density at radius 2 is 1.98 bits per heavy atom. The summed E-state index contributed by atoms with van der Waals surface area (Å²) in [5.74, 6) is 0.640. The van der Waals surface area contributed by atoms with Gasteiger partial charge in [0.05, 0.1) is 48.6 Å². The van der Waals surface area contributed by atoms with E-state index in [1.165, 1.54) is 0 Å². The Labute approximate surface area is 251 Å². The summed E-state index contributed by atoms with van der Waals surface area (Å²) in [5.41, 5.74) is -0.967. The van der Waals surface area contributed by atoms with Crippen molar-refractivity contribution >= 4 is 44.0 Å². The molecular formula is C30H28F2N6O5S. The van der Waals surface area contributed by atoms with Crippen LogP contribution in [0.4, 0.5) is 26.1 Å². The fourth-order valence-corrected chi connectivity index (χ4v) is 6.88. The van der Waals surface area contributed by atoms with Gasteiger partial charge in [-0.25, -0.2) is 27.2 Å². The van der Waals surface area contributed by atoms with E-state index in [1.807, 2.05) is 29.3 Å². The van der Waals surface area contributed by atoms with Crippen molar-refractivity contribution < 1.29 is 31.5 Å². The van der Waals surface area contributed by atoms with E-state index in [2.05, 4.69) is 27.1 Å². The molecule has 1 N–H and O–H groups in total. The number of hydrogen-bond acceptors (Lipinski definition) is 10. The number of amides is 1. The molecule has 44 heavy (non-hydrogen) atoms. The summed E-state index contributed by atoms with van der Waals surface area (Å²) in [4.78, 5) is 30.5. The van der Waals surface area contributed by atoms with E-state index in [-0.39, 0.29) is 17.7 Å². The highest BCUT2D eigenvalue weighted by molar-refractivity contribution is 7.92. The van der Waals surface area contributed by atoms with Crippen LogP contribution >= 0.6 is 0 Å². The van der Waals surface area contributed by atoms with E-state index < -0.39 is 45.2 Å². The number of carbonyl (C=O) groups excluding carboxylic acids is 1. The summed E-state index contributed by atoms with van der Waals surface area (Å²) in [5, 5.41) is 3.42. The maximum Gasteiger partial charge on any atom is 0.251 e. The number of benzene rings is 1. The van der Waals surface area contributed by atoms with Crippen LogP contribution in [0.5, 0.6) is 5.75 Å². The Kier molecular flexibility index (Phi) is 7.04. The van der Waals surface area contributed by atoms with Gasteiger partial charge in [-0.3, -0.25) is 9.78 Å². The second-order valence-corrected chi connectivity index (χ2v) is 13.0. The lowest BCUT2D eigenvalue weighted by Gasteiger charge is -2.40. The monoisotopic (exact) mass is 622 g/mol. The highest BCUT2D eigenvalue weighted by Gasteiger charge is 2.35.